The number of esters is 2. The lowest BCUT2D eigenvalue weighted by molar-refractivity contribution is -0.697. The molecule has 3 aromatic carbocycles. The van der Waals surface area contributed by atoms with Crippen LogP contribution in [0.1, 0.15) is 85.4 Å². The summed E-state index contributed by atoms with van der Waals surface area (Å²) in [7, 11) is 4.12. The number of pyridine rings is 1. The summed E-state index contributed by atoms with van der Waals surface area (Å²) in [6.07, 6.45) is 14.7. The van der Waals surface area contributed by atoms with Crippen molar-refractivity contribution < 1.29 is 33.1 Å². The smallest absolute Gasteiger partial charge is 0.343 e. The van der Waals surface area contributed by atoms with E-state index in [2.05, 4.69) is 55.0 Å². The molecule has 4 rings (SSSR count). The fourth-order valence-corrected chi connectivity index (χ4v) is 4.98. The molecule has 0 unspecified atom stereocenters. The van der Waals surface area contributed by atoms with Crippen LogP contribution in [0.25, 0.3) is 0 Å². The van der Waals surface area contributed by atoms with Crippen LogP contribution in [0.4, 0.5) is 5.69 Å². The van der Waals surface area contributed by atoms with Gasteiger partial charge in [-0.3, -0.25) is 0 Å². The zero-order chi connectivity index (χ0) is 34.0. The fraction of sp³-hybridized carbons (Fsp3) is 0.375. The van der Waals surface area contributed by atoms with E-state index in [1.165, 1.54) is 37.8 Å². The Balaban J connectivity index is 1.07. The lowest BCUT2D eigenvalue weighted by Crippen LogP contribution is -2.32. The van der Waals surface area contributed by atoms with Crippen LogP contribution in [0.15, 0.2) is 97.3 Å². The first-order valence-electron chi connectivity index (χ1n) is 17.1. The Labute approximate surface area is 285 Å². The number of aromatic nitrogens is 1. The van der Waals surface area contributed by atoms with Crippen molar-refractivity contribution in [3.05, 3.63) is 108 Å². The number of rotatable bonds is 20. The molecule has 0 fully saturated rings. The van der Waals surface area contributed by atoms with E-state index in [1.807, 2.05) is 0 Å². The normalized spacial score (nSPS) is 10.7. The molecule has 0 atom stereocenters. The van der Waals surface area contributed by atoms with Gasteiger partial charge in [-0.1, -0.05) is 39.0 Å². The molecule has 8 nitrogen and oxygen atoms in total. The minimum absolute atomic E-state index is 0.349. The molecule has 1 heterocycles. The minimum Gasteiger partial charge on any atom is -0.494 e. The number of carbonyl (C=O) groups excluding carboxylic acids is 2. The van der Waals surface area contributed by atoms with Gasteiger partial charge in [0.25, 0.3) is 0 Å². The number of ether oxygens (including phenoxy) is 4. The molecule has 0 aliphatic heterocycles. The monoisotopic (exact) mass is 653 g/mol. The summed E-state index contributed by atoms with van der Waals surface area (Å²) >= 11 is 0. The molecule has 0 bridgehead atoms. The van der Waals surface area contributed by atoms with Gasteiger partial charge < -0.3 is 23.8 Å². The van der Waals surface area contributed by atoms with Crippen LogP contribution in [-0.2, 0) is 6.54 Å². The average Bonchev–Trinajstić information content (AvgIpc) is 3.10. The molecule has 254 valence electrons. The third-order valence-corrected chi connectivity index (χ3v) is 7.91. The van der Waals surface area contributed by atoms with E-state index in [-0.39, 0.29) is 0 Å². The molecule has 0 N–H and O–H groups in total. The maximum Gasteiger partial charge on any atom is 0.343 e. The quantitative estimate of drug-likeness (QED) is 0.0410. The van der Waals surface area contributed by atoms with E-state index in [0.717, 1.165) is 38.0 Å². The summed E-state index contributed by atoms with van der Waals surface area (Å²) in [5, 5.41) is 0. The van der Waals surface area contributed by atoms with Gasteiger partial charge in [0.05, 0.1) is 24.3 Å². The number of anilines is 1. The highest BCUT2D eigenvalue weighted by Gasteiger charge is 2.12. The van der Waals surface area contributed by atoms with Gasteiger partial charge in [-0.2, -0.15) is 0 Å². The van der Waals surface area contributed by atoms with Crippen molar-refractivity contribution in [1.29, 1.82) is 0 Å². The van der Waals surface area contributed by atoms with Gasteiger partial charge in [0, 0.05) is 38.3 Å². The zero-order valence-corrected chi connectivity index (χ0v) is 28.6. The molecule has 0 aliphatic carbocycles. The van der Waals surface area contributed by atoms with Gasteiger partial charge in [-0.05, 0) is 92.1 Å². The molecule has 0 radical (unpaired) electrons. The van der Waals surface area contributed by atoms with Crippen molar-refractivity contribution in [3.63, 3.8) is 0 Å². The number of aryl methyl sites for hydroxylation is 1. The van der Waals surface area contributed by atoms with E-state index in [4.69, 9.17) is 18.9 Å². The van der Waals surface area contributed by atoms with E-state index in [1.54, 1.807) is 72.8 Å². The summed E-state index contributed by atoms with van der Waals surface area (Å²) in [5.74, 6) is 1.19. The highest BCUT2D eigenvalue weighted by Crippen LogP contribution is 2.22. The molecule has 0 spiro atoms. The molecular weight excluding hydrogens is 604 g/mol. The first-order valence-corrected chi connectivity index (χ1v) is 17.1. The van der Waals surface area contributed by atoms with Crippen molar-refractivity contribution in [1.82, 2.24) is 0 Å². The molecule has 1 aromatic heterocycles. The van der Waals surface area contributed by atoms with Crippen molar-refractivity contribution in [3.8, 4) is 23.0 Å². The van der Waals surface area contributed by atoms with Gasteiger partial charge in [-0.25, -0.2) is 14.2 Å². The van der Waals surface area contributed by atoms with Gasteiger partial charge >= 0.3 is 11.9 Å². The summed E-state index contributed by atoms with van der Waals surface area (Å²) in [6.45, 7) is 4.47. The molecule has 4 aromatic rings. The summed E-state index contributed by atoms with van der Waals surface area (Å²) < 4.78 is 24.7. The fourth-order valence-electron chi connectivity index (χ4n) is 4.98. The Bertz CT molecular complexity index is 1520. The number of hydrogen-bond donors (Lipinski definition) is 0. The largest absolute Gasteiger partial charge is 0.494 e. The molecule has 0 amide bonds. The second-order valence-electron chi connectivity index (χ2n) is 12.0. The molecule has 0 saturated carbocycles. The van der Waals surface area contributed by atoms with Crippen LogP contribution in [0.3, 0.4) is 0 Å². The van der Waals surface area contributed by atoms with Crippen LogP contribution >= 0.6 is 0 Å². The molecular formula is C40H49N2O6+. The summed E-state index contributed by atoms with van der Waals surface area (Å²) in [5.41, 5.74) is 2.06. The first-order chi connectivity index (χ1) is 23.4. The number of nitrogens with zero attached hydrogens (tertiary/aromatic N) is 2. The van der Waals surface area contributed by atoms with Crippen LogP contribution < -0.4 is 28.4 Å². The Morgan fingerprint density at radius 3 is 1.42 bits per heavy atom. The average molecular weight is 654 g/mol. The zero-order valence-electron chi connectivity index (χ0n) is 28.6. The van der Waals surface area contributed by atoms with Gasteiger partial charge in [0.1, 0.15) is 29.5 Å². The summed E-state index contributed by atoms with van der Waals surface area (Å²) in [4.78, 5) is 27.3. The maximum atomic E-state index is 12.7. The van der Waals surface area contributed by atoms with Crippen LogP contribution in [0, 0.1) is 0 Å². The van der Waals surface area contributed by atoms with Crippen molar-refractivity contribution in [2.24, 2.45) is 0 Å². The van der Waals surface area contributed by atoms with Crippen LogP contribution in [0.5, 0.6) is 23.0 Å². The van der Waals surface area contributed by atoms with Gasteiger partial charge in [0.2, 0.25) is 0 Å². The highest BCUT2D eigenvalue weighted by atomic mass is 16.5. The van der Waals surface area contributed by atoms with E-state index in [0.29, 0.717) is 41.6 Å². The van der Waals surface area contributed by atoms with E-state index < -0.39 is 11.9 Å². The first kappa shape index (κ1) is 36.0. The lowest BCUT2D eigenvalue weighted by Gasteiger charge is -2.10. The third kappa shape index (κ3) is 12.4. The number of benzene rings is 3. The SMILES string of the molecule is CCCCOc1ccc(C(=O)Oc2ccc(OC(=O)c3ccc(OCCCCCCCCC[n+]4ccc(N(C)C)cc4)cc3)cc2)cc1. The van der Waals surface area contributed by atoms with Crippen molar-refractivity contribution in [2.75, 3.05) is 32.2 Å². The topological polar surface area (TPSA) is 78.2 Å². The number of unbranched alkanes of at least 4 members (excludes halogenated alkanes) is 7. The number of hydrogen-bond acceptors (Lipinski definition) is 7. The Kier molecular flexibility index (Phi) is 14.8. The third-order valence-electron chi connectivity index (χ3n) is 7.91. The van der Waals surface area contributed by atoms with E-state index >= 15 is 0 Å². The van der Waals surface area contributed by atoms with Gasteiger partial charge in [-0.15, -0.1) is 0 Å². The molecule has 0 saturated heterocycles. The Morgan fingerprint density at radius 2 is 0.958 bits per heavy atom. The Hall–Kier alpha value is -4.85. The highest BCUT2D eigenvalue weighted by molar-refractivity contribution is 5.92. The number of carbonyl (C=O) groups is 2. The second-order valence-corrected chi connectivity index (χ2v) is 12.0. The second kappa shape index (κ2) is 19.7. The predicted octanol–water partition coefficient (Wildman–Crippen LogP) is 8.47. The lowest BCUT2D eigenvalue weighted by atomic mass is 10.1. The van der Waals surface area contributed by atoms with Crippen LogP contribution in [0.2, 0.25) is 0 Å². The minimum atomic E-state index is -0.481. The molecule has 8 heteroatoms. The molecule has 0 aliphatic rings. The van der Waals surface area contributed by atoms with Gasteiger partial charge in [0.15, 0.2) is 12.4 Å². The van der Waals surface area contributed by atoms with Crippen molar-refractivity contribution in [2.45, 2.75) is 71.3 Å². The van der Waals surface area contributed by atoms with Crippen molar-refractivity contribution >= 4 is 17.6 Å². The standard InChI is InChI=1S/C40H49N2O6/c1-4-5-30-45-35-17-13-32(14-18-35)39(43)47-37-21-23-38(24-22-37)48-40(44)33-15-19-36(20-16-33)46-31-12-10-8-6-7-9-11-27-42-28-25-34(26-29-42)41(2)3/h13-26,28-29H,4-12,27,30-31H2,1-3H3/q+1. The molecule has 48 heavy (non-hydrogen) atoms. The van der Waals surface area contributed by atoms with E-state index in [9.17, 15) is 9.59 Å². The van der Waals surface area contributed by atoms with Crippen LogP contribution in [-0.4, -0.2) is 39.2 Å². The predicted molar refractivity (Wildman–Crippen MR) is 188 cm³/mol. The summed E-state index contributed by atoms with van der Waals surface area (Å²) in [6, 6.07) is 24.5. The maximum absolute atomic E-state index is 12.7. The Morgan fingerprint density at radius 1 is 0.542 bits per heavy atom.